The summed E-state index contributed by atoms with van der Waals surface area (Å²) < 4.78 is 0. The van der Waals surface area contributed by atoms with Gasteiger partial charge in [0.1, 0.15) is 17.2 Å². The molecular formula is C59H56O3. The summed E-state index contributed by atoms with van der Waals surface area (Å²) in [5.41, 5.74) is 9.82. The number of phenols is 3. The second kappa shape index (κ2) is 16.9. The molecule has 0 spiro atoms. The summed E-state index contributed by atoms with van der Waals surface area (Å²) in [5, 5.41) is 37.3. The Morgan fingerprint density at radius 3 is 0.887 bits per heavy atom. The zero-order valence-electron chi connectivity index (χ0n) is 36.5. The smallest absolute Gasteiger partial charge is 0.123 e. The molecule has 0 fully saturated rings. The van der Waals surface area contributed by atoms with Crippen LogP contribution in [0.1, 0.15) is 120 Å². The molecule has 62 heavy (non-hydrogen) atoms. The van der Waals surface area contributed by atoms with E-state index < -0.39 is 17.3 Å². The van der Waals surface area contributed by atoms with Gasteiger partial charge in [0.2, 0.25) is 0 Å². The van der Waals surface area contributed by atoms with E-state index in [9.17, 15) is 15.3 Å². The van der Waals surface area contributed by atoms with Crippen LogP contribution in [-0.4, -0.2) is 15.3 Å². The Hall–Kier alpha value is -6.84. The molecule has 3 N–H and O–H groups in total. The van der Waals surface area contributed by atoms with Crippen LogP contribution < -0.4 is 0 Å². The molecule has 0 aliphatic carbocycles. The van der Waals surface area contributed by atoms with Crippen LogP contribution in [-0.2, 0) is 16.2 Å². The Bertz CT molecular complexity index is 2610. The molecule has 0 aromatic heterocycles. The lowest BCUT2D eigenvalue weighted by Gasteiger charge is -2.33. The first kappa shape index (κ1) is 41.9. The molecule has 8 aromatic carbocycles. The molecular weight excluding hydrogens is 757 g/mol. The molecule has 0 saturated heterocycles. The van der Waals surface area contributed by atoms with Crippen LogP contribution in [0.25, 0.3) is 0 Å². The highest BCUT2D eigenvalue weighted by atomic mass is 16.3. The summed E-state index contributed by atoms with van der Waals surface area (Å²) in [6.45, 7) is 13.3. The molecule has 3 nitrogen and oxygen atoms in total. The van der Waals surface area contributed by atoms with Gasteiger partial charge in [-0.3, -0.25) is 0 Å². The van der Waals surface area contributed by atoms with Crippen molar-refractivity contribution in [2.24, 2.45) is 0 Å². The summed E-state index contributed by atoms with van der Waals surface area (Å²) >= 11 is 0. The first-order chi connectivity index (χ1) is 29.8. The third-order valence-electron chi connectivity index (χ3n) is 13.4. The molecule has 0 aliphatic rings. The Balaban J connectivity index is 1.43. The third kappa shape index (κ3) is 7.92. The summed E-state index contributed by atoms with van der Waals surface area (Å²) in [7, 11) is 0. The van der Waals surface area contributed by atoms with Crippen molar-refractivity contribution in [2.45, 2.75) is 69.6 Å². The molecule has 0 saturated carbocycles. The van der Waals surface area contributed by atoms with Crippen LogP contribution in [0.5, 0.6) is 17.2 Å². The average molecular weight is 813 g/mol. The van der Waals surface area contributed by atoms with Gasteiger partial charge in [-0.2, -0.15) is 0 Å². The number of phenolic OH excluding ortho intramolecular Hbond substituents is 3. The monoisotopic (exact) mass is 812 g/mol. The lowest BCUT2D eigenvalue weighted by atomic mass is 9.71. The van der Waals surface area contributed by atoms with Gasteiger partial charge in [0.15, 0.2) is 0 Å². The van der Waals surface area contributed by atoms with Gasteiger partial charge in [-0.25, -0.2) is 0 Å². The van der Waals surface area contributed by atoms with Gasteiger partial charge in [-0.05, 0) is 56.6 Å². The van der Waals surface area contributed by atoms with Gasteiger partial charge >= 0.3 is 0 Å². The van der Waals surface area contributed by atoms with E-state index in [1.54, 1.807) is 12.1 Å². The van der Waals surface area contributed by atoms with E-state index in [2.05, 4.69) is 163 Å². The highest BCUT2D eigenvalue weighted by Gasteiger charge is 2.35. The molecule has 0 radical (unpaired) electrons. The lowest BCUT2D eigenvalue weighted by Crippen LogP contribution is -2.22. The zero-order chi connectivity index (χ0) is 43.6. The maximum atomic E-state index is 13.3. The van der Waals surface area contributed by atoms with E-state index in [1.807, 2.05) is 66.7 Å². The Kier molecular flexibility index (Phi) is 11.4. The van der Waals surface area contributed by atoms with Gasteiger partial charge in [0.05, 0.1) is 0 Å². The summed E-state index contributed by atoms with van der Waals surface area (Å²) in [5.74, 6) is -0.733. The second-order valence-electron chi connectivity index (χ2n) is 18.2. The van der Waals surface area contributed by atoms with Crippen molar-refractivity contribution in [3.63, 3.8) is 0 Å². The largest absolute Gasteiger partial charge is 0.508 e. The SMILES string of the molecule is CC(C)(c1ccccc1)c1ccc(O)c(C(c2ccccc2)c2cc(C(C)(C)c3ccccc3)cc(C(c3ccccc3)c3cc(C(C)(C)c4ccccc4)ccc3O)c2O)c1. The van der Waals surface area contributed by atoms with Crippen LogP contribution in [0.4, 0.5) is 0 Å². The maximum absolute atomic E-state index is 13.3. The molecule has 310 valence electrons. The van der Waals surface area contributed by atoms with Gasteiger partial charge in [0, 0.05) is 50.3 Å². The van der Waals surface area contributed by atoms with E-state index in [0.29, 0.717) is 22.3 Å². The van der Waals surface area contributed by atoms with Crippen LogP contribution in [0.2, 0.25) is 0 Å². The van der Waals surface area contributed by atoms with Crippen LogP contribution in [0, 0.1) is 0 Å². The van der Waals surface area contributed by atoms with Crippen molar-refractivity contribution in [3.8, 4) is 17.2 Å². The number of benzene rings is 8. The topological polar surface area (TPSA) is 60.7 Å². The predicted octanol–water partition coefficient (Wildman–Crippen LogP) is 14.1. The molecule has 2 unspecified atom stereocenters. The highest BCUT2D eigenvalue weighted by molar-refractivity contribution is 5.63. The van der Waals surface area contributed by atoms with Crippen molar-refractivity contribution in [2.75, 3.05) is 0 Å². The molecule has 8 rings (SSSR count). The van der Waals surface area contributed by atoms with E-state index in [0.717, 1.165) is 44.5 Å². The van der Waals surface area contributed by atoms with Gasteiger partial charge in [0.25, 0.3) is 0 Å². The highest BCUT2D eigenvalue weighted by Crippen LogP contribution is 2.50. The molecule has 2 atom stereocenters. The summed E-state index contributed by atoms with van der Waals surface area (Å²) in [6, 6.07) is 67.8. The van der Waals surface area contributed by atoms with Gasteiger partial charge < -0.3 is 15.3 Å². The maximum Gasteiger partial charge on any atom is 0.123 e. The van der Waals surface area contributed by atoms with Gasteiger partial charge in [-0.15, -0.1) is 0 Å². The predicted molar refractivity (Wildman–Crippen MR) is 255 cm³/mol. The van der Waals surface area contributed by atoms with Gasteiger partial charge in [-0.1, -0.05) is 230 Å². The molecule has 0 aliphatic heterocycles. The third-order valence-corrected chi connectivity index (χ3v) is 13.4. The fraction of sp³-hybridized carbons (Fsp3) is 0.186. The average Bonchev–Trinajstić information content (AvgIpc) is 3.30. The Morgan fingerprint density at radius 1 is 0.290 bits per heavy atom. The van der Waals surface area contributed by atoms with Crippen LogP contribution >= 0.6 is 0 Å². The first-order valence-electron chi connectivity index (χ1n) is 21.6. The Labute approximate surface area is 367 Å². The number of hydrogen-bond acceptors (Lipinski definition) is 3. The number of hydrogen-bond donors (Lipinski definition) is 3. The van der Waals surface area contributed by atoms with Crippen LogP contribution in [0.3, 0.4) is 0 Å². The van der Waals surface area contributed by atoms with Crippen molar-refractivity contribution >= 4 is 0 Å². The summed E-state index contributed by atoms with van der Waals surface area (Å²) in [4.78, 5) is 0. The van der Waals surface area contributed by atoms with Crippen molar-refractivity contribution in [1.29, 1.82) is 0 Å². The van der Waals surface area contributed by atoms with Crippen molar-refractivity contribution < 1.29 is 15.3 Å². The van der Waals surface area contributed by atoms with Crippen molar-refractivity contribution in [3.05, 3.63) is 267 Å². The number of rotatable bonds is 12. The second-order valence-corrected chi connectivity index (χ2v) is 18.2. The first-order valence-corrected chi connectivity index (χ1v) is 21.6. The quantitative estimate of drug-likeness (QED) is 0.108. The van der Waals surface area contributed by atoms with E-state index in [1.165, 1.54) is 0 Å². The minimum Gasteiger partial charge on any atom is -0.508 e. The molecule has 3 heteroatoms. The fourth-order valence-electron chi connectivity index (χ4n) is 9.24. The Morgan fingerprint density at radius 2 is 0.565 bits per heavy atom. The fourth-order valence-corrected chi connectivity index (χ4v) is 9.24. The minimum atomic E-state index is -0.568. The van der Waals surface area contributed by atoms with Crippen molar-refractivity contribution in [1.82, 2.24) is 0 Å². The summed E-state index contributed by atoms with van der Waals surface area (Å²) in [6.07, 6.45) is 0. The molecule has 0 bridgehead atoms. The van der Waals surface area contributed by atoms with Crippen LogP contribution in [0.15, 0.2) is 200 Å². The molecule has 0 amide bonds. The number of aromatic hydroxyl groups is 3. The lowest BCUT2D eigenvalue weighted by molar-refractivity contribution is 0.449. The van der Waals surface area contributed by atoms with E-state index in [-0.39, 0.29) is 28.1 Å². The minimum absolute atomic E-state index is 0.111. The molecule has 8 aromatic rings. The van der Waals surface area contributed by atoms with E-state index >= 15 is 0 Å². The van der Waals surface area contributed by atoms with E-state index in [4.69, 9.17) is 0 Å². The molecule has 0 heterocycles. The standard InChI is InChI=1S/C59H56O3/c1-57(2,42-26-16-9-17-27-42)45-32-34-52(60)48(36-45)54(40-22-12-7-13-23-40)50-38-47(59(5,6)44-30-20-11-21-31-44)39-51(56(50)62)55(41-24-14-8-15-25-41)49-37-46(33-35-53(49)61)58(3,4)43-28-18-10-19-29-43/h7-39,54-55,60-62H,1-6H3. The zero-order valence-corrected chi connectivity index (χ0v) is 36.5. The normalized spacial score (nSPS) is 13.1.